The molecule has 1 aliphatic rings. The maximum atomic E-state index is 12.4. The molecule has 7 nitrogen and oxygen atoms in total. The van der Waals surface area contributed by atoms with E-state index in [4.69, 9.17) is 18.9 Å². The van der Waals surface area contributed by atoms with Gasteiger partial charge in [-0.1, -0.05) is 30.3 Å². The van der Waals surface area contributed by atoms with E-state index in [0.717, 1.165) is 5.56 Å². The summed E-state index contributed by atoms with van der Waals surface area (Å²) in [5.74, 6) is -0.716. The Balaban J connectivity index is 2.16. The van der Waals surface area contributed by atoms with Gasteiger partial charge in [0.2, 0.25) is 0 Å². The number of benzene rings is 1. The number of ether oxygens (including phenoxy) is 4. The molecule has 0 saturated carbocycles. The van der Waals surface area contributed by atoms with Crippen molar-refractivity contribution in [2.24, 2.45) is 0 Å². The monoisotopic (exact) mass is 409 g/mol. The van der Waals surface area contributed by atoms with E-state index >= 15 is 0 Å². The highest BCUT2D eigenvalue weighted by molar-refractivity contribution is 5.68. The normalized spacial score (nSPS) is 20.8. The van der Waals surface area contributed by atoms with Gasteiger partial charge in [-0.15, -0.1) is 0 Å². The molecular formula is C22H35NO6. The fourth-order valence-corrected chi connectivity index (χ4v) is 3.22. The highest BCUT2D eigenvalue weighted by Crippen LogP contribution is 2.28. The second-order valence-electron chi connectivity index (χ2n) is 8.75. The van der Waals surface area contributed by atoms with E-state index in [2.05, 4.69) is 5.32 Å². The van der Waals surface area contributed by atoms with Gasteiger partial charge >= 0.3 is 6.09 Å². The number of hydrogen-bond donors (Lipinski definition) is 2. The van der Waals surface area contributed by atoms with Gasteiger partial charge in [0, 0.05) is 6.61 Å². The van der Waals surface area contributed by atoms with Gasteiger partial charge < -0.3 is 29.4 Å². The fraction of sp³-hybridized carbons (Fsp3) is 0.682. The zero-order valence-electron chi connectivity index (χ0n) is 18.1. The summed E-state index contributed by atoms with van der Waals surface area (Å²) in [5.41, 5.74) is 0.412. The quantitative estimate of drug-likeness (QED) is 0.650. The molecule has 2 N–H and O–H groups in total. The van der Waals surface area contributed by atoms with Gasteiger partial charge in [0.15, 0.2) is 5.79 Å². The maximum Gasteiger partial charge on any atom is 0.407 e. The Morgan fingerprint density at radius 3 is 2.55 bits per heavy atom. The van der Waals surface area contributed by atoms with E-state index in [9.17, 15) is 9.90 Å². The van der Waals surface area contributed by atoms with Crippen LogP contribution in [0.3, 0.4) is 0 Å². The summed E-state index contributed by atoms with van der Waals surface area (Å²) in [4.78, 5) is 12.4. The Morgan fingerprint density at radius 1 is 1.31 bits per heavy atom. The number of rotatable bonds is 9. The Bertz CT molecular complexity index is 628. The number of nitrogens with one attached hydrogen (secondary N) is 1. The predicted octanol–water partition coefficient (Wildman–Crippen LogP) is 3.39. The van der Waals surface area contributed by atoms with Gasteiger partial charge in [-0.3, -0.25) is 0 Å². The molecule has 0 bridgehead atoms. The number of carbonyl (C=O) groups is 1. The number of alkyl carbamates (subject to hydrolysis) is 1. The minimum absolute atomic E-state index is 0.0193. The molecule has 2 rings (SSSR count). The van der Waals surface area contributed by atoms with Crippen molar-refractivity contribution in [1.82, 2.24) is 5.32 Å². The first-order valence-corrected chi connectivity index (χ1v) is 10.2. The Morgan fingerprint density at radius 2 is 2.00 bits per heavy atom. The van der Waals surface area contributed by atoms with Crippen molar-refractivity contribution in [3.05, 3.63) is 35.9 Å². The summed E-state index contributed by atoms with van der Waals surface area (Å²) < 4.78 is 23.4. The summed E-state index contributed by atoms with van der Waals surface area (Å²) in [6, 6.07) is 9.42. The van der Waals surface area contributed by atoms with Gasteiger partial charge in [-0.2, -0.15) is 0 Å². The standard InChI is InChI=1S/C22H35NO6/c1-21(2,3)29-20(25)23-17(12-9-13-24)19(18-15-27-22(4,5)28-18)26-14-16-10-7-6-8-11-16/h6-8,10-11,17-19,24H,9,12-15H2,1-5H3,(H,23,25)/t17-,18-,19+/m0/s1. The molecule has 164 valence electrons. The second kappa shape index (κ2) is 10.4. The molecule has 1 aromatic carbocycles. The van der Waals surface area contributed by atoms with Crippen LogP contribution >= 0.6 is 0 Å². The molecule has 1 saturated heterocycles. The second-order valence-corrected chi connectivity index (χ2v) is 8.75. The van der Waals surface area contributed by atoms with Crippen molar-refractivity contribution in [3.63, 3.8) is 0 Å². The number of hydrogen-bond acceptors (Lipinski definition) is 6. The zero-order chi connectivity index (χ0) is 21.5. The minimum atomic E-state index is -0.716. The van der Waals surface area contributed by atoms with Gasteiger partial charge in [0.05, 0.1) is 19.3 Å². The van der Waals surface area contributed by atoms with E-state index in [1.54, 1.807) is 0 Å². The summed E-state index contributed by atoms with van der Waals surface area (Å²) in [6.45, 7) is 9.90. The smallest absolute Gasteiger partial charge is 0.407 e. The average Bonchev–Trinajstić information content (AvgIpc) is 2.98. The molecule has 29 heavy (non-hydrogen) atoms. The topological polar surface area (TPSA) is 86.3 Å². The van der Waals surface area contributed by atoms with E-state index in [0.29, 0.717) is 26.1 Å². The SMILES string of the molecule is CC(C)(C)OC(=O)N[C@@H](CCCO)[C@@H](OCc1ccccc1)[C@@H]1COC(C)(C)O1. The van der Waals surface area contributed by atoms with Crippen LogP contribution in [-0.2, 0) is 25.6 Å². The van der Waals surface area contributed by atoms with Crippen LogP contribution < -0.4 is 5.32 Å². The summed E-state index contributed by atoms with van der Waals surface area (Å²) in [5, 5.41) is 12.2. The van der Waals surface area contributed by atoms with E-state index in [1.165, 1.54) is 0 Å². The van der Waals surface area contributed by atoms with E-state index in [-0.39, 0.29) is 12.7 Å². The lowest BCUT2D eigenvalue weighted by Gasteiger charge is -2.32. The predicted molar refractivity (Wildman–Crippen MR) is 109 cm³/mol. The Labute approximate surface area is 173 Å². The van der Waals surface area contributed by atoms with Gasteiger partial charge in [0.1, 0.15) is 17.8 Å². The summed E-state index contributed by atoms with van der Waals surface area (Å²) in [6.07, 6.45) is -0.298. The number of carbonyl (C=O) groups excluding carboxylic acids is 1. The van der Waals surface area contributed by atoms with Crippen molar-refractivity contribution < 1.29 is 28.8 Å². The van der Waals surface area contributed by atoms with Crippen molar-refractivity contribution in [2.75, 3.05) is 13.2 Å². The van der Waals surface area contributed by atoms with Crippen LogP contribution in [0.1, 0.15) is 53.0 Å². The molecule has 1 heterocycles. The van der Waals surface area contributed by atoms with Crippen LogP contribution in [0.4, 0.5) is 4.79 Å². The van der Waals surface area contributed by atoms with E-state index < -0.39 is 29.6 Å². The molecule has 0 unspecified atom stereocenters. The first kappa shape index (κ1) is 23.6. The third kappa shape index (κ3) is 8.30. The van der Waals surface area contributed by atoms with Crippen LogP contribution in [-0.4, -0.2) is 54.1 Å². The highest BCUT2D eigenvalue weighted by Gasteiger charge is 2.42. The molecule has 1 amide bonds. The zero-order valence-corrected chi connectivity index (χ0v) is 18.1. The van der Waals surface area contributed by atoms with Gasteiger partial charge in [-0.25, -0.2) is 4.79 Å². The van der Waals surface area contributed by atoms with Gasteiger partial charge in [0.25, 0.3) is 0 Å². The molecule has 0 aromatic heterocycles. The largest absolute Gasteiger partial charge is 0.444 e. The summed E-state index contributed by atoms with van der Waals surface area (Å²) in [7, 11) is 0. The molecule has 3 atom stereocenters. The van der Waals surface area contributed by atoms with Crippen molar-refractivity contribution in [3.8, 4) is 0 Å². The summed E-state index contributed by atoms with van der Waals surface area (Å²) >= 11 is 0. The lowest BCUT2D eigenvalue weighted by Crippen LogP contribution is -2.52. The molecular weight excluding hydrogens is 374 g/mol. The third-order valence-electron chi connectivity index (χ3n) is 4.45. The van der Waals surface area contributed by atoms with Gasteiger partial charge in [-0.05, 0) is 53.0 Å². The van der Waals surface area contributed by atoms with Crippen LogP contribution in [0.2, 0.25) is 0 Å². The van der Waals surface area contributed by atoms with Crippen LogP contribution in [0.25, 0.3) is 0 Å². The number of aliphatic hydroxyl groups excluding tert-OH is 1. The lowest BCUT2D eigenvalue weighted by molar-refractivity contribution is -0.161. The van der Waals surface area contributed by atoms with Crippen LogP contribution in [0.5, 0.6) is 0 Å². The third-order valence-corrected chi connectivity index (χ3v) is 4.45. The molecule has 0 radical (unpaired) electrons. The molecule has 1 aliphatic heterocycles. The molecule has 0 spiro atoms. The Hall–Kier alpha value is -1.67. The van der Waals surface area contributed by atoms with Crippen molar-refractivity contribution in [1.29, 1.82) is 0 Å². The fourth-order valence-electron chi connectivity index (χ4n) is 3.22. The van der Waals surface area contributed by atoms with Crippen LogP contribution in [0, 0.1) is 0 Å². The maximum absolute atomic E-state index is 12.4. The van der Waals surface area contributed by atoms with Crippen molar-refractivity contribution in [2.45, 2.75) is 83.7 Å². The van der Waals surface area contributed by atoms with Crippen molar-refractivity contribution >= 4 is 6.09 Å². The Kier molecular flexibility index (Phi) is 8.46. The first-order chi connectivity index (χ1) is 13.6. The number of amides is 1. The van der Waals surface area contributed by atoms with E-state index in [1.807, 2.05) is 65.0 Å². The average molecular weight is 410 g/mol. The highest BCUT2D eigenvalue weighted by atomic mass is 16.7. The lowest BCUT2D eigenvalue weighted by atomic mass is 10.0. The molecule has 1 aromatic rings. The first-order valence-electron chi connectivity index (χ1n) is 10.2. The molecule has 0 aliphatic carbocycles. The van der Waals surface area contributed by atoms with Crippen LogP contribution in [0.15, 0.2) is 30.3 Å². The number of aliphatic hydroxyl groups is 1. The minimum Gasteiger partial charge on any atom is -0.444 e. The molecule has 7 heteroatoms. The molecule has 1 fully saturated rings.